The monoisotopic (exact) mass is 718 g/mol. The van der Waals surface area contributed by atoms with E-state index in [0.29, 0.717) is 12.0 Å². The third-order valence-electron chi connectivity index (χ3n) is 12.5. The van der Waals surface area contributed by atoms with Crippen molar-refractivity contribution >= 4 is 32.2 Å². The van der Waals surface area contributed by atoms with Gasteiger partial charge in [0.2, 0.25) is 11.4 Å². The van der Waals surface area contributed by atoms with Crippen LogP contribution < -0.4 is 19.5 Å². The van der Waals surface area contributed by atoms with Gasteiger partial charge in [0.1, 0.15) is 0 Å². The molecule has 2 aromatic heterocycles. The molecule has 2 nitrogen and oxygen atoms in total. The summed E-state index contributed by atoms with van der Waals surface area (Å²) in [6, 6.07) is 35.1. The molecule has 1 aliphatic carbocycles. The van der Waals surface area contributed by atoms with Crippen LogP contribution in [0.25, 0.3) is 39.3 Å². The van der Waals surface area contributed by atoms with E-state index in [0.717, 1.165) is 25.2 Å². The van der Waals surface area contributed by atoms with Gasteiger partial charge in [-0.05, 0) is 71.7 Å². The number of allylic oxidation sites excluding steroid dienone is 1. The highest BCUT2D eigenvalue weighted by molar-refractivity contribution is 6.89. The van der Waals surface area contributed by atoms with Gasteiger partial charge in [0, 0.05) is 39.6 Å². The summed E-state index contributed by atoms with van der Waals surface area (Å²) in [7, 11) is -3.39. The number of benzene rings is 3. The number of nitrogens with zero attached hydrogens (tertiary/aromatic N) is 2. The molecule has 0 N–H and O–H groups in total. The summed E-state index contributed by atoms with van der Waals surface area (Å²) >= 11 is 0. The van der Waals surface area contributed by atoms with Crippen molar-refractivity contribution in [2.24, 2.45) is 5.92 Å². The van der Waals surface area contributed by atoms with E-state index in [9.17, 15) is 0 Å². The predicted molar refractivity (Wildman–Crippen MR) is 226 cm³/mol. The molecule has 3 aliphatic rings. The Morgan fingerprint density at radius 1 is 0.654 bits per heavy atom. The van der Waals surface area contributed by atoms with E-state index in [2.05, 4.69) is 152 Å². The van der Waals surface area contributed by atoms with Crippen LogP contribution in [0.1, 0.15) is 73.6 Å². The van der Waals surface area contributed by atoms with Gasteiger partial charge in [-0.1, -0.05) is 138 Å². The zero-order chi connectivity index (χ0) is 36.2. The molecule has 1 saturated carbocycles. The second-order valence-corrected chi connectivity index (χ2v) is 28.2. The van der Waals surface area contributed by atoms with Crippen molar-refractivity contribution in [1.29, 1.82) is 0 Å². The molecule has 2 unspecified atom stereocenters. The summed E-state index contributed by atoms with van der Waals surface area (Å²) < 4.78 is 5.26. The first-order chi connectivity index (χ1) is 25.0. The number of pyridine rings is 2. The molecule has 2 aliphatic heterocycles. The Hall–Kier alpha value is -3.87. The lowest BCUT2D eigenvalue weighted by molar-refractivity contribution is -0.719. The van der Waals surface area contributed by atoms with Crippen molar-refractivity contribution in [2.45, 2.75) is 109 Å². The molecule has 0 radical (unpaired) electrons. The smallest absolute Gasteiger partial charge is 0.194 e. The van der Waals surface area contributed by atoms with Crippen LogP contribution in [0.4, 0.5) is 0 Å². The Labute approximate surface area is 315 Å². The zero-order valence-corrected chi connectivity index (χ0v) is 34.5. The van der Waals surface area contributed by atoms with E-state index in [1.165, 1.54) is 94.2 Å². The highest BCUT2D eigenvalue weighted by Gasteiger charge is 2.44. The van der Waals surface area contributed by atoms with Crippen LogP contribution in [-0.2, 0) is 12.8 Å². The maximum atomic E-state index is 4.99. The molecule has 4 heteroatoms. The van der Waals surface area contributed by atoms with Crippen LogP contribution in [-0.4, -0.2) is 16.1 Å². The topological polar surface area (TPSA) is 7.76 Å². The Morgan fingerprint density at radius 2 is 1.33 bits per heavy atom. The Bertz CT molecular complexity index is 2130. The molecular weight excluding hydrogens is 661 g/mol. The van der Waals surface area contributed by atoms with Gasteiger partial charge in [-0.15, -0.1) is 0 Å². The summed E-state index contributed by atoms with van der Waals surface area (Å²) in [4.78, 5) is 0. The van der Waals surface area contributed by atoms with E-state index in [4.69, 9.17) is 6.58 Å². The maximum Gasteiger partial charge on any atom is 0.218 e. The van der Waals surface area contributed by atoms with Crippen LogP contribution in [0.5, 0.6) is 0 Å². The van der Waals surface area contributed by atoms with Gasteiger partial charge in [0.25, 0.3) is 0 Å². The molecule has 3 aromatic carbocycles. The van der Waals surface area contributed by atoms with Crippen LogP contribution >= 0.6 is 0 Å². The van der Waals surface area contributed by atoms with E-state index < -0.39 is 16.1 Å². The van der Waals surface area contributed by atoms with E-state index in [-0.39, 0.29) is 0 Å². The van der Waals surface area contributed by atoms with Gasteiger partial charge >= 0.3 is 0 Å². The first-order valence-corrected chi connectivity index (χ1v) is 27.1. The van der Waals surface area contributed by atoms with Crippen LogP contribution in [0.2, 0.25) is 39.3 Å². The van der Waals surface area contributed by atoms with Gasteiger partial charge in [0.05, 0.1) is 22.6 Å². The molecule has 5 aromatic rings. The number of aryl methyl sites for hydroxylation is 1. The van der Waals surface area contributed by atoms with Crippen LogP contribution in [0.15, 0.2) is 110 Å². The fourth-order valence-corrected chi connectivity index (χ4v) is 13.0. The van der Waals surface area contributed by atoms with E-state index >= 15 is 0 Å². The second kappa shape index (κ2) is 13.8. The minimum atomic E-state index is -1.75. The Kier molecular flexibility index (Phi) is 9.36. The van der Waals surface area contributed by atoms with Gasteiger partial charge < -0.3 is 0 Å². The number of hydrogen-bond donors (Lipinski definition) is 0. The minimum Gasteiger partial charge on any atom is -0.194 e. The van der Waals surface area contributed by atoms with Crippen LogP contribution in [0.3, 0.4) is 0 Å². The summed E-state index contributed by atoms with van der Waals surface area (Å²) in [5.41, 5.74) is 13.9. The van der Waals surface area contributed by atoms with E-state index in [1.807, 2.05) is 0 Å². The first kappa shape index (κ1) is 35.2. The molecule has 2 atom stereocenters. The van der Waals surface area contributed by atoms with Crippen molar-refractivity contribution in [2.75, 3.05) is 0 Å². The van der Waals surface area contributed by atoms with Crippen molar-refractivity contribution < 1.29 is 9.13 Å². The van der Waals surface area contributed by atoms with Gasteiger partial charge in [-0.3, -0.25) is 0 Å². The normalized spacial score (nSPS) is 19.2. The number of fused-ring (bicyclic) bond motifs is 9. The molecule has 0 amide bonds. The van der Waals surface area contributed by atoms with E-state index in [1.54, 1.807) is 10.8 Å². The van der Waals surface area contributed by atoms with Crippen LogP contribution in [0, 0.1) is 5.92 Å². The highest BCUT2D eigenvalue weighted by Crippen LogP contribution is 2.44. The van der Waals surface area contributed by atoms with Gasteiger partial charge in [0.15, 0.2) is 24.1 Å². The lowest BCUT2D eigenvalue weighted by Crippen LogP contribution is -2.55. The van der Waals surface area contributed by atoms with Gasteiger partial charge in [-0.2, -0.15) is 9.13 Å². The standard InChI is InChI=1S/C48H58N2Si2/c1-34-28-44-42(40-24-16-17-25-41(40)45-30-38(29-35-18-10-8-11-19-35)47(32-50(44)45)51(2,3)4)27-26-37-22-14-15-23-39(37)46-31-43(36-20-12-9-13-21-36)48(33-49(34)46)52(5,6)7/h9,12-17,20-25,30-33,35,42,44H,1,8,10-11,18-19,26-29H2,2-7H3/q+2. The van der Waals surface area contributed by atoms with Crippen molar-refractivity contribution in [3.63, 3.8) is 0 Å². The summed E-state index contributed by atoms with van der Waals surface area (Å²) in [5.74, 6) is 1.22. The fraction of sp³-hybridized carbons (Fsp3) is 0.375. The van der Waals surface area contributed by atoms with Gasteiger partial charge in [-0.25, -0.2) is 0 Å². The third kappa shape index (κ3) is 6.62. The summed E-state index contributed by atoms with van der Waals surface area (Å²) in [5, 5.41) is 3.15. The first-order valence-electron chi connectivity index (χ1n) is 20.1. The number of aromatic nitrogens is 2. The van der Waals surface area contributed by atoms with Crippen molar-refractivity contribution in [3.8, 4) is 33.6 Å². The fourth-order valence-electron chi connectivity index (χ4n) is 9.80. The Morgan fingerprint density at radius 3 is 2.06 bits per heavy atom. The molecule has 0 bridgehead atoms. The lowest BCUT2D eigenvalue weighted by Gasteiger charge is -2.33. The molecule has 1 fully saturated rings. The van der Waals surface area contributed by atoms with Crippen molar-refractivity contribution in [1.82, 2.24) is 0 Å². The molecule has 266 valence electrons. The summed E-state index contributed by atoms with van der Waals surface area (Å²) in [6.07, 6.45) is 16.5. The zero-order valence-electron chi connectivity index (χ0n) is 32.5. The second-order valence-electron chi connectivity index (χ2n) is 18.2. The number of hydrogen-bond acceptors (Lipinski definition) is 0. The molecule has 0 saturated heterocycles. The number of rotatable bonds is 5. The average Bonchev–Trinajstić information content (AvgIpc) is 3.14. The molecular formula is C48H58N2Si2+2. The Balaban J connectivity index is 1.33. The molecule has 52 heavy (non-hydrogen) atoms. The average molecular weight is 719 g/mol. The molecule has 8 rings (SSSR count). The lowest BCUT2D eigenvalue weighted by atomic mass is 9.77. The maximum absolute atomic E-state index is 4.99. The molecule has 4 heterocycles. The predicted octanol–water partition coefficient (Wildman–Crippen LogP) is 10.6. The SMILES string of the molecule is C=C1CC2C(CCc3ccccc3-c3cc(-c4ccccc4)c([Si](C)(C)C)c[n+]31)c1ccccc1-c1cc(CC3CCCCC3)c([Si](C)(C)C)c[n+]12. The highest BCUT2D eigenvalue weighted by atomic mass is 28.3. The third-order valence-corrected chi connectivity index (χ3v) is 16.6. The quantitative estimate of drug-likeness (QED) is 0.126. The minimum absolute atomic E-state index is 0.297. The molecule has 0 spiro atoms. The van der Waals surface area contributed by atoms with Crippen molar-refractivity contribution in [3.05, 3.63) is 127 Å². The summed E-state index contributed by atoms with van der Waals surface area (Å²) in [6.45, 7) is 20.1. The largest absolute Gasteiger partial charge is 0.218 e.